The maximum absolute atomic E-state index is 12.3. The average Bonchev–Trinajstić information content (AvgIpc) is 3.25. The van der Waals surface area contributed by atoms with E-state index < -0.39 is 16.1 Å². The summed E-state index contributed by atoms with van der Waals surface area (Å²) >= 11 is 4.61. The number of rotatable bonds is 6. The molecule has 0 amide bonds. The number of sulfonamides is 1. The summed E-state index contributed by atoms with van der Waals surface area (Å²) in [5, 5.41) is 10.2. The van der Waals surface area contributed by atoms with E-state index in [0.717, 1.165) is 9.35 Å². The largest absolute Gasteiger partial charge is 0.466 e. The molecular weight excluding hydrogens is 414 g/mol. The third-order valence-corrected chi connectivity index (χ3v) is 6.41. The van der Waals surface area contributed by atoms with E-state index in [1.54, 1.807) is 36.4 Å². The Morgan fingerprint density at radius 2 is 1.92 bits per heavy atom. The minimum Gasteiger partial charge on any atom is -0.466 e. The highest BCUT2D eigenvalue weighted by atomic mass is 79.9. The van der Waals surface area contributed by atoms with Crippen molar-refractivity contribution in [2.45, 2.75) is 17.5 Å². The van der Waals surface area contributed by atoms with Gasteiger partial charge in [-0.25, -0.2) is 13.1 Å². The van der Waals surface area contributed by atoms with Crippen LogP contribution in [0.5, 0.6) is 0 Å². The number of halogens is 1. The van der Waals surface area contributed by atoms with Crippen molar-refractivity contribution in [2.24, 2.45) is 0 Å². The highest BCUT2D eigenvalue weighted by molar-refractivity contribution is 9.10. The zero-order valence-corrected chi connectivity index (χ0v) is 15.6. The van der Waals surface area contributed by atoms with Crippen molar-refractivity contribution in [1.82, 2.24) is 4.72 Å². The number of hydrogen-bond acceptors (Lipinski definition) is 5. The summed E-state index contributed by atoms with van der Waals surface area (Å²) in [6.45, 7) is 0.161. The minimum absolute atomic E-state index is 0.161. The Labute approximate surface area is 152 Å². The van der Waals surface area contributed by atoms with E-state index in [1.807, 2.05) is 0 Å². The van der Waals surface area contributed by atoms with Crippen LogP contribution >= 0.6 is 27.3 Å². The lowest BCUT2D eigenvalue weighted by molar-refractivity contribution is 0.193. The van der Waals surface area contributed by atoms with Gasteiger partial charge in [-0.05, 0) is 48.5 Å². The fourth-order valence-electron chi connectivity index (χ4n) is 2.09. The number of furan rings is 1. The van der Waals surface area contributed by atoms with Gasteiger partial charge in [-0.15, -0.1) is 11.3 Å². The van der Waals surface area contributed by atoms with E-state index in [1.165, 1.54) is 29.7 Å². The molecule has 2 aromatic heterocycles. The first kappa shape index (κ1) is 17.4. The smallest absolute Gasteiger partial charge is 0.240 e. The van der Waals surface area contributed by atoms with Crippen molar-refractivity contribution >= 4 is 37.3 Å². The third-order valence-electron chi connectivity index (χ3n) is 3.32. The maximum Gasteiger partial charge on any atom is 0.240 e. The van der Waals surface area contributed by atoms with Gasteiger partial charge >= 0.3 is 0 Å². The van der Waals surface area contributed by atoms with E-state index in [-0.39, 0.29) is 11.4 Å². The Morgan fingerprint density at radius 1 is 1.17 bits per heavy atom. The molecule has 0 aliphatic heterocycles. The van der Waals surface area contributed by atoms with Gasteiger partial charge < -0.3 is 9.52 Å². The van der Waals surface area contributed by atoms with Gasteiger partial charge in [-0.3, -0.25) is 0 Å². The summed E-state index contributed by atoms with van der Waals surface area (Å²) in [5.74, 6) is 0.457. The van der Waals surface area contributed by atoms with E-state index in [2.05, 4.69) is 20.7 Å². The molecule has 3 rings (SSSR count). The molecule has 5 nitrogen and oxygen atoms in total. The predicted molar refractivity (Wildman–Crippen MR) is 95.3 cm³/mol. The molecule has 3 aromatic rings. The number of hydrogen-bond donors (Lipinski definition) is 2. The van der Waals surface area contributed by atoms with Gasteiger partial charge in [0.25, 0.3) is 0 Å². The van der Waals surface area contributed by atoms with Gasteiger partial charge in [0, 0.05) is 20.8 Å². The van der Waals surface area contributed by atoms with Gasteiger partial charge in [-0.1, -0.05) is 15.9 Å². The van der Waals surface area contributed by atoms with Crippen LogP contribution in [0.25, 0.3) is 0 Å². The molecule has 1 atom stereocenters. The molecular formula is C16H14BrNO4S2. The molecule has 0 saturated carbocycles. The Bertz CT molecular complexity index is 902. The molecule has 2 N–H and O–H groups in total. The number of nitrogens with one attached hydrogen (secondary N) is 1. The van der Waals surface area contributed by atoms with Gasteiger partial charge in [0.15, 0.2) is 0 Å². The predicted octanol–water partition coefficient (Wildman–Crippen LogP) is 3.66. The highest BCUT2D eigenvalue weighted by Crippen LogP contribution is 2.29. The van der Waals surface area contributed by atoms with Crippen LogP contribution in [0.3, 0.4) is 0 Å². The summed E-state index contributed by atoms with van der Waals surface area (Å²) in [6, 6.07) is 13.4. The summed E-state index contributed by atoms with van der Waals surface area (Å²) < 4.78 is 33.1. The van der Waals surface area contributed by atoms with Crippen LogP contribution in [0, 0.1) is 0 Å². The van der Waals surface area contributed by atoms with Crippen LogP contribution in [-0.4, -0.2) is 13.5 Å². The van der Waals surface area contributed by atoms with Crippen molar-refractivity contribution < 1.29 is 17.9 Å². The Balaban J connectivity index is 1.68. The van der Waals surface area contributed by atoms with Crippen LogP contribution in [-0.2, 0) is 16.6 Å². The molecule has 126 valence electrons. The number of thiophene rings is 1. The first-order valence-corrected chi connectivity index (χ1v) is 10.1. The number of benzene rings is 1. The average molecular weight is 428 g/mol. The number of aliphatic hydroxyl groups excluding tert-OH is 1. The van der Waals surface area contributed by atoms with Gasteiger partial charge in [0.1, 0.15) is 11.9 Å². The first-order valence-electron chi connectivity index (χ1n) is 7.01. The topological polar surface area (TPSA) is 79.5 Å². The normalized spacial score (nSPS) is 13.1. The summed E-state index contributed by atoms with van der Waals surface area (Å²) in [4.78, 5) is 1.71. The minimum atomic E-state index is -3.57. The second-order valence-electron chi connectivity index (χ2n) is 5.00. The van der Waals surface area contributed by atoms with Crippen molar-refractivity contribution in [1.29, 1.82) is 0 Å². The molecule has 0 radical (unpaired) electrons. The summed E-state index contributed by atoms with van der Waals surface area (Å²) in [5.41, 5.74) is 0. The molecule has 2 heterocycles. The number of aliphatic hydroxyl groups is 1. The fraction of sp³-hybridized carbons (Fsp3) is 0.125. The fourth-order valence-corrected chi connectivity index (χ4v) is 4.40. The molecule has 1 aromatic carbocycles. The molecule has 0 spiro atoms. The van der Waals surface area contributed by atoms with Gasteiger partial charge in [0.05, 0.1) is 11.2 Å². The van der Waals surface area contributed by atoms with Crippen molar-refractivity contribution in [3.8, 4) is 0 Å². The first-order chi connectivity index (χ1) is 11.5. The van der Waals surface area contributed by atoms with Crippen LogP contribution in [0.2, 0.25) is 0 Å². The Kier molecular flexibility index (Phi) is 5.21. The molecule has 24 heavy (non-hydrogen) atoms. The van der Waals surface area contributed by atoms with E-state index in [9.17, 15) is 13.5 Å². The second kappa shape index (κ2) is 7.20. The maximum atomic E-state index is 12.3. The lowest BCUT2D eigenvalue weighted by Gasteiger charge is -2.06. The quantitative estimate of drug-likeness (QED) is 0.628. The Hall–Kier alpha value is -1.45. The Morgan fingerprint density at radius 3 is 2.58 bits per heavy atom. The van der Waals surface area contributed by atoms with Crippen molar-refractivity contribution in [2.75, 3.05) is 0 Å². The zero-order chi connectivity index (χ0) is 17.2. The van der Waals surface area contributed by atoms with Crippen molar-refractivity contribution in [3.05, 3.63) is 74.8 Å². The highest BCUT2D eigenvalue weighted by Gasteiger charge is 2.17. The van der Waals surface area contributed by atoms with Gasteiger partial charge in [0.2, 0.25) is 10.0 Å². The lowest BCUT2D eigenvalue weighted by atomic mass is 10.2. The third kappa shape index (κ3) is 3.96. The van der Waals surface area contributed by atoms with E-state index >= 15 is 0 Å². The van der Waals surface area contributed by atoms with E-state index in [4.69, 9.17) is 4.42 Å². The monoisotopic (exact) mass is 427 g/mol. The van der Waals surface area contributed by atoms with Crippen molar-refractivity contribution in [3.63, 3.8) is 0 Å². The summed E-state index contributed by atoms with van der Waals surface area (Å²) in [7, 11) is -3.57. The summed E-state index contributed by atoms with van der Waals surface area (Å²) in [6.07, 6.45) is 0.654. The van der Waals surface area contributed by atoms with Gasteiger partial charge in [-0.2, -0.15) is 0 Å². The van der Waals surface area contributed by atoms with Crippen LogP contribution < -0.4 is 4.72 Å². The molecule has 0 bridgehead atoms. The second-order valence-corrected chi connectivity index (χ2v) is 8.88. The van der Waals surface area contributed by atoms with Crippen LogP contribution in [0.15, 0.2) is 68.6 Å². The van der Waals surface area contributed by atoms with Crippen LogP contribution in [0.1, 0.15) is 21.6 Å². The molecule has 0 fully saturated rings. The molecule has 0 saturated heterocycles. The molecule has 1 unspecified atom stereocenters. The van der Waals surface area contributed by atoms with E-state index in [0.29, 0.717) is 10.6 Å². The van der Waals surface area contributed by atoms with Crippen LogP contribution in [0.4, 0.5) is 0 Å². The standard InChI is InChI=1S/C16H14BrNO4S2/c17-11-3-6-13(7-4-11)24(20,21)18-10-12-5-8-15(23-12)16(19)14-2-1-9-22-14/h1-9,16,18-19H,10H2. The SMILES string of the molecule is O=S(=O)(NCc1ccc(C(O)c2ccco2)s1)c1ccc(Br)cc1. The lowest BCUT2D eigenvalue weighted by Crippen LogP contribution is -2.22. The molecule has 8 heteroatoms. The molecule has 0 aliphatic carbocycles. The molecule has 0 aliphatic rings. The zero-order valence-electron chi connectivity index (χ0n) is 12.3.